The standard InChI is InChI=1S/C18H23N3O2/c1-2-15-10-6-7-13-21(15)17(22)12-11-16-19-18(20-23-16)14-8-4-3-5-9-14/h3-5,8-9,15H,2,6-7,10-13H2,1H3. The van der Waals surface area contributed by atoms with E-state index in [1.165, 1.54) is 6.42 Å². The molecule has 122 valence electrons. The molecule has 0 bridgehead atoms. The second-order valence-corrected chi connectivity index (χ2v) is 6.02. The van der Waals surface area contributed by atoms with Gasteiger partial charge >= 0.3 is 0 Å². The summed E-state index contributed by atoms with van der Waals surface area (Å²) in [5, 5.41) is 4.00. The van der Waals surface area contributed by atoms with Crippen molar-refractivity contribution in [3.05, 3.63) is 36.2 Å². The van der Waals surface area contributed by atoms with Crippen molar-refractivity contribution < 1.29 is 9.32 Å². The minimum Gasteiger partial charge on any atom is -0.340 e. The lowest BCUT2D eigenvalue weighted by atomic mass is 9.99. The third-order valence-electron chi connectivity index (χ3n) is 4.47. The van der Waals surface area contributed by atoms with Crippen LogP contribution in [0.3, 0.4) is 0 Å². The molecular weight excluding hydrogens is 290 g/mol. The summed E-state index contributed by atoms with van der Waals surface area (Å²) in [6, 6.07) is 10.1. The zero-order chi connectivity index (χ0) is 16.1. The first-order valence-electron chi connectivity index (χ1n) is 8.45. The summed E-state index contributed by atoms with van der Waals surface area (Å²) in [5.74, 6) is 1.32. The predicted molar refractivity (Wildman–Crippen MR) is 87.7 cm³/mol. The second-order valence-electron chi connectivity index (χ2n) is 6.02. The van der Waals surface area contributed by atoms with Gasteiger partial charge in [-0.2, -0.15) is 4.98 Å². The van der Waals surface area contributed by atoms with Crippen molar-refractivity contribution in [2.24, 2.45) is 0 Å². The summed E-state index contributed by atoms with van der Waals surface area (Å²) in [7, 11) is 0. The van der Waals surface area contributed by atoms with Gasteiger partial charge < -0.3 is 9.42 Å². The van der Waals surface area contributed by atoms with Crippen LogP contribution in [0.15, 0.2) is 34.9 Å². The highest BCUT2D eigenvalue weighted by Gasteiger charge is 2.25. The number of hydrogen-bond donors (Lipinski definition) is 0. The Morgan fingerprint density at radius 3 is 2.91 bits per heavy atom. The average Bonchev–Trinajstić information content (AvgIpc) is 3.09. The van der Waals surface area contributed by atoms with Gasteiger partial charge in [0.2, 0.25) is 17.6 Å². The van der Waals surface area contributed by atoms with E-state index in [2.05, 4.69) is 17.1 Å². The molecule has 0 radical (unpaired) electrons. The fraction of sp³-hybridized carbons (Fsp3) is 0.500. The molecule has 0 saturated carbocycles. The molecule has 5 nitrogen and oxygen atoms in total. The summed E-state index contributed by atoms with van der Waals surface area (Å²) in [4.78, 5) is 18.9. The first-order chi connectivity index (χ1) is 11.3. The Balaban J connectivity index is 1.58. The highest BCUT2D eigenvalue weighted by Crippen LogP contribution is 2.21. The number of piperidine rings is 1. The van der Waals surface area contributed by atoms with Crippen LogP contribution in [-0.4, -0.2) is 33.5 Å². The van der Waals surface area contributed by atoms with E-state index in [9.17, 15) is 4.79 Å². The Labute approximate surface area is 136 Å². The van der Waals surface area contributed by atoms with E-state index in [0.717, 1.165) is 31.4 Å². The number of aryl methyl sites for hydroxylation is 1. The molecule has 1 aliphatic rings. The minimum absolute atomic E-state index is 0.205. The number of aromatic nitrogens is 2. The maximum absolute atomic E-state index is 12.5. The fourth-order valence-corrected chi connectivity index (χ4v) is 3.17. The number of carbonyl (C=O) groups excluding carboxylic acids is 1. The van der Waals surface area contributed by atoms with Crippen molar-refractivity contribution in [2.45, 2.75) is 51.5 Å². The van der Waals surface area contributed by atoms with Crippen LogP contribution < -0.4 is 0 Å². The fourth-order valence-electron chi connectivity index (χ4n) is 3.17. The van der Waals surface area contributed by atoms with Crippen molar-refractivity contribution in [3.8, 4) is 11.4 Å². The third-order valence-corrected chi connectivity index (χ3v) is 4.47. The van der Waals surface area contributed by atoms with Crippen molar-refractivity contribution >= 4 is 5.91 Å². The number of benzene rings is 1. The van der Waals surface area contributed by atoms with E-state index in [-0.39, 0.29) is 5.91 Å². The normalized spacial score (nSPS) is 18.1. The van der Waals surface area contributed by atoms with Crippen LogP contribution >= 0.6 is 0 Å². The lowest BCUT2D eigenvalue weighted by Crippen LogP contribution is -2.43. The molecule has 2 heterocycles. The van der Waals surface area contributed by atoms with Crippen LogP contribution in [0.2, 0.25) is 0 Å². The van der Waals surface area contributed by atoms with Crippen LogP contribution in [0.5, 0.6) is 0 Å². The van der Waals surface area contributed by atoms with Gasteiger partial charge in [0.05, 0.1) is 0 Å². The minimum atomic E-state index is 0.205. The molecule has 3 rings (SSSR count). The van der Waals surface area contributed by atoms with E-state index in [1.807, 2.05) is 35.2 Å². The van der Waals surface area contributed by atoms with Gasteiger partial charge in [-0.3, -0.25) is 4.79 Å². The van der Waals surface area contributed by atoms with Crippen LogP contribution in [-0.2, 0) is 11.2 Å². The Kier molecular flexibility index (Phi) is 5.05. The highest BCUT2D eigenvalue weighted by atomic mass is 16.5. The molecule has 5 heteroatoms. The molecule has 0 spiro atoms. The molecule has 1 aromatic carbocycles. The number of amides is 1. The van der Waals surface area contributed by atoms with Gasteiger partial charge in [-0.1, -0.05) is 42.4 Å². The number of rotatable bonds is 5. The summed E-state index contributed by atoms with van der Waals surface area (Å²) in [6.07, 6.45) is 5.44. The molecule has 1 unspecified atom stereocenters. The largest absolute Gasteiger partial charge is 0.340 e. The second kappa shape index (κ2) is 7.40. The van der Waals surface area contributed by atoms with E-state index in [4.69, 9.17) is 4.52 Å². The Morgan fingerprint density at radius 1 is 1.30 bits per heavy atom. The molecule has 1 saturated heterocycles. The summed E-state index contributed by atoms with van der Waals surface area (Å²) in [5.41, 5.74) is 0.927. The first kappa shape index (κ1) is 15.7. The van der Waals surface area contributed by atoms with E-state index < -0.39 is 0 Å². The topological polar surface area (TPSA) is 59.2 Å². The predicted octanol–water partition coefficient (Wildman–Crippen LogP) is 3.46. The molecule has 1 atom stereocenters. The van der Waals surface area contributed by atoms with Crippen molar-refractivity contribution in [3.63, 3.8) is 0 Å². The molecule has 1 aliphatic heterocycles. The SMILES string of the molecule is CCC1CCCCN1C(=O)CCc1nc(-c2ccccc2)no1. The van der Waals surface area contributed by atoms with Gasteiger partial charge in [-0.25, -0.2) is 0 Å². The lowest BCUT2D eigenvalue weighted by molar-refractivity contribution is -0.135. The van der Waals surface area contributed by atoms with E-state index in [1.54, 1.807) is 0 Å². The monoisotopic (exact) mass is 313 g/mol. The smallest absolute Gasteiger partial charge is 0.227 e. The number of hydrogen-bond acceptors (Lipinski definition) is 4. The maximum atomic E-state index is 12.5. The van der Waals surface area contributed by atoms with Crippen LogP contribution in [0.1, 0.15) is 44.9 Å². The summed E-state index contributed by atoms with van der Waals surface area (Å²) in [6.45, 7) is 3.04. The van der Waals surface area contributed by atoms with Gasteiger partial charge in [-0.15, -0.1) is 0 Å². The molecule has 1 fully saturated rings. The Bertz CT molecular complexity index is 639. The number of likely N-dealkylation sites (tertiary alicyclic amines) is 1. The lowest BCUT2D eigenvalue weighted by Gasteiger charge is -2.35. The first-order valence-corrected chi connectivity index (χ1v) is 8.45. The average molecular weight is 313 g/mol. The number of nitrogens with zero attached hydrogens (tertiary/aromatic N) is 3. The van der Waals surface area contributed by atoms with Crippen molar-refractivity contribution in [2.75, 3.05) is 6.54 Å². The highest BCUT2D eigenvalue weighted by molar-refractivity contribution is 5.76. The summed E-state index contributed by atoms with van der Waals surface area (Å²) < 4.78 is 5.28. The van der Waals surface area contributed by atoms with Crippen LogP contribution in [0, 0.1) is 0 Å². The molecule has 1 aromatic heterocycles. The van der Waals surface area contributed by atoms with Gasteiger partial charge in [0.1, 0.15) is 0 Å². The van der Waals surface area contributed by atoms with Gasteiger partial charge in [0.15, 0.2) is 0 Å². The molecule has 23 heavy (non-hydrogen) atoms. The maximum Gasteiger partial charge on any atom is 0.227 e. The zero-order valence-corrected chi connectivity index (χ0v) is 13.6. The number of carbonyl (C=O) groups is 1. The molecule has 0 N–H and O–H groups in total. The van der Waals surface area contributed by atoms with Gasteiger partial charge in [0.25, 0.3) is 0 Å². The van der Waals surface area contributed by atoms with Gasteiger partial charge in [-0.05, 0) is 25.7 Å². The van der Waals surface area contributed by atoms with Gasteiger partial charge in [0, 0.05) is 31.0 Å². The van der Waals surface area contributed by atoms with Crippen LogP contribution in [0.25, 0.3) is 11.4 Å². The van der Waals surface area contributed by atoms with Crippen molar-refractivity contribution in [1.29, 1.82) is 0 Å². The molecule has 2 aromatic rings. The Hall–Kier alpha value is -2.17. The van der Waals surface area contributed by atoms with E-state index in [0.29, 0.717) is 30.6 Å². The summed E-state index contributed by atoms with van der Waals surface area (Å²) >= 11 is 0. The molecule has 0 aliphatic carbocycles. The molecular formula is C18H23N3O2. The quantitative estimate of drug-likeness (QED) is 0.848. The van der Waals surface area contributed by atoms with Crippen LogP contribution in [0.4, 0.5) is 0 Å². The third kappa shape index (κ3) is 3.78. The Morgan fingerprint density at radius 2 is 2.13 bits per heavy atom. The van der Waals surface area contributed by atoms with E-state index >= 15 is 0 Å². The zero-order valence-electron chi connectivity index (χ0n) is 13.6. The molecule has 1 amide bonds. The van der Waals surface area contributed by atoms with Crippen molar-refractivity contribution in [1.82, 2.24) is 15.0 Å².